The molecule has 2 rings (SSSR count). The number of thiazole rings is 1. The second kappa shape index (κ2) is 4.85. The van der Waals surface area contributed by atoms with Gasteiger partial charge in [0.1, 0.15) is 0 Å². The predicted molar refractivity (Wildman–Crippen MR) is 69.3 cm³/mol. The maximum absolute atomic E-state index is 11.9. The third-order valence-electron chi connectivity index (χ3n) is 1.99. The molecule has 15 heavy (non-hydrogen) atoms. The van der Waals surface area contributed by atoms with Gasteiger partial charge < -0.3 is 0 Å². The number of nitrogens with zero attached hydrogens (tertiary/aromatic N) is 1. The summed E-state index contributed by atoms with van der Waals surface area (Å²) in [5.74, 6) is 0.157. The molecule has 0 aliphatic heterocycles. The van der Waals surface area contributed by atoms with E-state index in [1.54, 1.807) is 11.7 Å². The van der Waals surface area contributed by atoms with Crippen LogP contribution in [0.1, 0.15) is 15.2 Å². The number of carbonyl (C=O) groups excluding carboxylic acids is 1. The average molecular weight is 329 g/mol. The van der Waals surface area contributed by atoms with E-state index in [0.29, 0.717) is 6.42 Å². The second-order valence-electron chi connectivity index (χ2n) is 3.05. The highest BCUT2D eigenvalue weighted by Crippen LogP contribution is 2.15. The molecule has 0 aliphatic rings. The van der Waals surface area contributed by atoms with E-state index in [-0.39, 0.29) is 5.78 Å². The normalized spacial score (nSPS) is 10.2. The van der Waals surface area contributed by atoms with Crippen molar-refractivity contribution >= 4 is 39.7 Å². The van der Waals surface area contributed by atoms with Gasteiger partial charge in [0.25, 0.3) is 0 Å². The molecule has 0 radical (unpaired) electrons. The number of rotatable bonds is 3. The Bertz CT molecular complexity index is 467. The molecule has 76 valence electrons. The third-order valence-corrected chi connectivity index (χ3v) is 3.71. The fourth-order valence-corrected chi connectivity index (χ4v) is 2.55. The quantitative estimate of drug-likeness (QED) is 0.640. The van der Waals surface area contributed by atoms with Crippen LogP contribution in [0.2, 0.25) is 0 Å². The zero-order chi connectivity index (χ0) is 10.7. The summed E-state index contributed by atoms with van der Waals surface area (Å²) in [6, 6.07) is 7.64. The van der Waals surface area contributed by atoms with Crippen LogP contribution in [0, 0.1) is 3.57 Å². The highest BCUT2D eigenvalue weighted by atomic mass is 127. The Balaban J connectivity index is 2.19. The molecule has 1 heterocycles. The minimum absolute atomic E-state index is 0.157. The third kappa shape index (κ3) is 2.63. The molecule has 1 aromatic heterocycles. The van der Waals surface area contributed by atoms with Gasteiger partial charge in [-0.1, -0.05) is 18.2 Å². The zero-order valence-electron chi connectivity index (χ0n) is 7.81. The molecular formula is C11H8INOS. The number of hydrogen-bond acceptors (Lipinski definition) is 3. The van der Waals surface area contributed by atoms with Crippen molar-refractivity contribution in [1.29, 1.82) is 0 Å². The van der Waals surface area contributed by atoms with Gasteiger partial charge in [0.2, 0.25) is 0 Å². The maximum atomic E-state index is 11.9. The minimum Gasteiger partial charge on any atom is -0.294 e. The molecular weight excluding hydrogens is 321 g/mol. The SMILES string of the molecule is O=C(Cc1cncs1)c1ccccc1I. The largest absolute Gasteiger partial charge is 0.294 e. The molecule has 0 aliphatic carbocycles. The van der Waals surface area contributed by atoms with Crippen molar-refractivity contribution in [2.24, 2.45) is 0 Å². The van der Waals surface area contributed by atoms with E-state index in [0.717, 1.165) is 14.0 Å². The van der Waals surface area contributed by atoms with Crippen LogP contribution in [-0.4, -0.2) is 10.8 Å². The first-order valence-electron chi connectivity index (χ1n) is 4.42. The minimum atomic E-state index is 0.157. The molecule has 2 nitrogen and oxygen atoms in total. The van der Waals surface area contributed by atoms with E-state index in [1.807, 2.05) is 24.3 Å². The lowest BCUT2D eigenvalue weighted by Gasteiger charge is -2.01. The summed E-state index contributed by atoms with van der Waals surface area (Å²) in [7, 11) is 0. The van der Waals surface area contributed by atoms with Crippen LogP contribution in [0.15, 0.2) is 36.0 Å². The second-order valence-corrected chi connectivity index (χ2v) is 5.18. The van der Waals surface area contributed by atoms with Crippen molar-refractivity contribution in [3.05, 3.63) is 50.0 Å². The summed E-state index contributed by atoms with van der Waals surface area (Å²) >= 11 is 3.70. The number of ketones is 1. The van der Waals surface area contributed by atoms with Gasteiger partial charge in [-0.25, -0.2) is 0 Å². The van der Waals surface area contributed by atoms with E-state index >= 15 is 0 Å². The van der Waals surface area contributed by atoms with E-state index in [1.165, 1.54) is 11.3 Å². The fourth-order valence-electron chi connectivity index (χ4n) is 1.27. The summed E-state index contributed by atoms with van der Waals surface area (Å²) in [5, 5.41) is 0. The molecule has 0 atom stereocenters. The van der Waals surface area contributed by atoms with Gasteiger partial charge in [0.05, 0.1) is 5.51 Å². The Morgan fingerprint density at radius 1 is 1.40 bits per heavy atom. The molecule has 0 bridgehead atoms. The molecule has 1 aromatic carbocycles. The van der Waals surface area contributed by atoms with Crippen molar-refractivity contribution in [3.8, 4) is 0 Å². The van der Waals surface area contributed by atoms with Gasteiger partial charge in [-0.3, -0.25) is 9.78 Å². The van der Waals surface area contributed by atoms with Crippen molar-refractivity contribution in [2.45, 2.75) is 6.42 Å². The Morgan fingerprint density at radius 2 is 2.20 bits per heavy atom. The Morgan fingerprint density at radius 3 is 2.87 bits per heavy atom. The highest BCUT2D eigenvalue weighted by molar-refractivity contribution is 14.1. The lowest BCUT2D eigenvalue weighted by atomic mass is 10.1. The fraction of sp³-hybridized carbons (Fsp3) is 0.0909. The molecule has 0 fully saturated rings. The van der Waals surface area contributed by atoms with Gasteiger partial charge >= 0.3 is 0 Å². The van der Waals surface area contributed by atoms with Crippen LogP contribution < -0.4 is 0 Å². The lowest BCUT2D eigenvalue weighted by Crippen LogP contribution is -2.04. The summed E-state index contributed by atoms with van der Waals surface area (Å²) in [5.41, 5.74) is 2.55. The first-order valence-corrected chi connectivity index (χ1v) is 6.38. The number of aromatic nitrogens is 1. The van der Waals surface area contributed by atoms with Crippen LogP contribution >= 0.6 is 33.9 Å². The predicted octanol–water partition coefficient (Wildman–Crippen LogP) is 3.17. The number of benzene rings is 1. The van der Waals surface area contributed by atoms with Gasteiger partial charge in [-0.15, -0.1) is 11.3 Å². The maximum Gasteiger partial charge on any atom is 0.169 e. The standard InChI is InChI=1S/C11H8INOS/c12-10-4-2-1-3-9(10)11(14)5-8-6-13-7-15-8/h1-4,6-7H,5H2. The van der Waals surface area contributed by atoms with E-state index in [9.17, 15) is 4.79 Å². The van der Waals surface area contributed by atoms with Gasteiger partial charge in [0, 0.05) is 26.6 Å². The summed E-state index contributed by atoms with van der Waals surface area (Å²) in [6.07, 6.45) is 2.20. The van der Waals surface area contributed by atoms with Gasteiger partial charge in [0.15, 0.2) is 5.78 Å². The zero-order valence-corrected chi connectivity index (χ0v) is 10.8. The molecule has 2 aromatic rings. The summed E-state index contributed by atoms with van der Waals surface area (Å²) in [4.78, 5) is 16.9. The van der Waals surface area contributed by atoms with E-state index < -0.39 is 0 Å². The number of hydrogen-bond donors (Lipinski definition) is 0. The van der Waals surface area contributed by atoms with Crippen molar-refractivity contribution in [2.75, 3.05) is 0 Å². The Labute approximate surface area is 106 Å². The monoisotopic (exact) mass is 329 g/mol. The number of carbonyl (C=O) groups is 1. The van der Waals surface area contributed by atoms with Crippen LogP contribution in [0.25, 0.3) is 0 Å². The number of Topliss-reactive ketones (excluding diaryl/α,β-unsaturated/α-hetero) is 1. The Hall–Kier alpha value is -0.750. The lowest BCUT2D eigenvalue weighted by molar-refractivity contribution is 0.0993. The van der Waals surface area contributed by atoms with Crippen molar-refractivity contribution < 1.29 is 4.79 Å². The van der Waals surface area contributed by atoms with Crippen LogP contribution in [-0.2, 0) is 6.42 Å². The van der Waals surface area contributed by atoms with Gasteiger partial charge in [-0.05, 0) is 28.7 Å². The molecule has 0 N–H and O–H groups in total. The first kappa shape index (κ1) is 10.8. The van der Waals surface area contributed by atoms with Crippen molar-refractivity contribution in [3.63, 3.8) is 0 Å². The first-order chi connectivity index (χ1) is 7.27. The van der Waals surface area contributed by atoms with E-state index in [2.05, 4.69) is 27.6 Å². The van der Waals surface area contributed by atoms with Crippen LogP contribution in [0.4, 0.5) is 0 Å². The topological polar surface area (TPSA) is 30.0 Å². The Kier molecular flexibility index (Phi) is 3.48. The number of halogens is 1. The molecule has 0 saturated carbocycles. The summed E-state index contributed by atoms with van der Waals surface area (Å²) in [6.45, 7) is 0. The highest BCUT2D eigenvalue weighted by Gasteiger charge is 2.10. The average Bonchev–Trinajstić information content (AvgIpc) is 2.71. The smallest absolute Gasteiger partial charge is 0.169 e. The van der Waals surface area contributed by atoms with Crippen molar-refractivity contribution in [1.82, 2.24) is 4.98 Å². The molecule has 0 unspecified atom stereocenters. The molecule has 0 saturated heterocycles. The van der Waals surface area contributed by atoms with E-state index in [4.69, 9.17) is 0 Å². The molecule has 0 spiro atoms. The summed E-state index contributed by atoms with van der Waals surface area (Å²) < 4.78 is 1.00. The van der Waals surface area contributed by atoms with Gasteiger partial charge in [-0.2, -0.15) is 0 Å². The van der Waals surface area contributed by atoms with Crippen LogP contribution in [0.3, 0.4) is 0 Å². The molecule has 4 heteroatoms. The molecule has 0 amide bonds. The van der Waals surface area contributed by atoms with Crippen LogP contribution in [0.5, 0.6) is 0 Å².